The highest BCUT2D eigenvalue weighted by atomic mass is 35.5. The average Bonchev–Trinajstić information content (AvgIpc) is 2.28. The molecule has 1 aromatic rings. The summed E-state index contributed by atoms with van der Waals surface area (Å²) < 4.78 is 1.68. The lowest BCUT2D eigenvalue weighted by atomic mass is 10.6. The quantitative estimate of drug-likeness (QED) is 0.664. The van der Waals surface area contributed by atoms with Gasteiger partial charge in [-0.15, -0.1) is 0 Å². The largest absolute Gasteiger partial charge is 0.291 e. The first-order chi connectivity index (χ1) is 5.20. The molecule has 0 aromatic carbocycles. The van der Waals surface area contributed by atoms with Gasteiger partial charge in [0.15, 0.2) is 0 Å². The maximum Gasteiger partial charge on any atom is 0.137 e. The molecule has 0 saturated carbocycles. The molecule has 0 fully saturated rings. The standard InChI is InChI=1S/C8H9ClN2/c1-4-7-10-6(3)8(9)11(7)5-2/h4-5H,1-2H2,3H3. The Hall–Kier alpha value is -1.02. The summed E-state index contributed by atoms with van der Waals surface area (Å²) in [7, 11) is 0. The Morgan fingerprint density at radius 2 is 2.18 bits per heavy atom. The maximum absolute atomic E-state index is 5.87. The van der Waals surface area contributed by atoms with E-state index in [4.69, 9.17) is 11.6 Å². The van der Waals surface area contributed by atoms with E-state index in [1.165, 1.54) is 0 Å². The Bertz CT molecular complexity index is 299. The first-order valence-corrected chi connectivity index (χ1v) is 3.57. The second-order valence-electron chi connectivity index (χ2n) is 2.10. The zero-order valence-corrected chi connectivity index (χ0v) is 7.10. The van der Waals surface area contributed by atoms with Gasteiger partial charge in [0.1, 0.15) is 11.0 Å². The van der Waals surface area contributed by atoms with Crippen LogP contribution in [0.25, 0.3) is 12.3 Å². The van der Waals surface area contributed by atoms with Crippen LogP contribution in [-0.4, -0.2) is 9.55 Å². The third-order valence-corrected chi connectivity index (χ3v) is 1.86. The van der Waals surface area contributed by atoms with Crippen LogP contribution in [0.2, 0.25) is 5.15 Å². The van der Waals surface area contributed by atoms with Crippen LogP contribution in [0.15, 0.2) is 13.2 Å². The number of imidazole rings is 1. The normalized spacial score (nSPS) is 9.64. The summed E-state index contributed by atoms with van der Waals surface area (Å²) in [5.41, 5.74) is 0.793. The van der Waals surface area contributed by atoms with Gasteiger partial charge < -0.3 is 0 Å². The fraction of sp³-hybridized carbons (Fsp3) is 0.125. The van der Waals surface area contributed by atoms with Gasteiger partial charge in [0.25, 0.3) is 0 Å². The molecule has 0 aliphatic carbocycles. The third kappa shape index (κ3) is 1.21. The van der Waals surface area contributed by atoms with Crippen molar-refractivity contribution in [3.05, 3.63) is 29.8 Å². The van der Waals surface area contributed by atoms with Gasteiger partial charge in [-0.1, -0.05) is 24.8 Å². The van der Waals surface area contributed by atoms with E-state index in [1.54, 1.807) is 16.8 Å². The lowest BCUT2D eigenvalue weighted by Crippen LogP contribution is -1.87. The van der Waals surface area contributed by atoms with Crippen LogP contribution in [0.3, 0.4) is 0 Å². The molecular formula is C8H9ClN2. The fourth-order valence-corrected chi connectivity index (χ4v) is 1.06. The molecule has 2 nitrogen and oxygen atoms in total. The molecule has 3 heteroatoms. The van der Waals surface area contributed by atoms with Crippen molar-refractivity contribution < 1.29 is 0 Å². The van der Waals surface area contributed by atoms with Crippen molar-refractivity contribution in [3.63, 3.8) is 0 Å². The predicted octanol–water partition coefficient (Wildman–Crippen LogP) is 2.59. The van der Waals surface area contributed by atoms with Crippen molar-refractivity contribution in [2.24, 2.45) is 0 Å². The number of aryl methyl sites for hydroxylation is 1. The van der Waals surface area contributed by atoms with E-state index in [0.29, 0.717) is 5.15 Å². The molecule has 0 spiro atoms. The molecule has 0 radical (unpaired) electrons. The van der Waals surface area contributed by atoms with Gasteiger partial charge in [0.2, 0.25) is 0 Å². The Morgan fingerprint density at radius 3 is 2.55 bits per heavy atom. The van der Waals surface area contributed by atoms with Crippen molar-refractivity contribution in [1.82, 2.24) is 9.55 Å². The zero-order valence-electron chi connectivity index (χ0n) is 6.34. The van der Waals surface area contributed by atoms with Crippen molar-refractivity contribution in [2.75, 3.05) is 0 Å². The molecular weight excluding hydrogens is 160 g/mol. The average molecular weight is 169 g/mol. The number of hydrogen-bond acceptors (Lipinski definition) is 1. The molecule has 58 valence electrons. The summed E-state index contributed by atoms with van der Waals surface area (Å²) in [5.74, 6) is 0.725. The van der Waals surface area contributed by atoms with Gasteiger partial charge >= 0.3 is 0 Å². The second kappa shape index (κ2) is 2.93. The van der Waals surface area contributed by atoms with E-state index < -0.39 is 0 Å². The van der Waals surface area contributed by atoms with E-state index in [9.17, 15) is 0 Å². The van der Waals surface area contributed by atoms with Gasteiger partial charge in [0.05, 0.1) is 5.69 Å². The van der Waals surface area contributed by atoms with Crippen LogP contribution in [0.1, 0.15) is 11.5 Å². The molecule has 0 N–H and O–H groups in total. The van der Waals surface area contributed by atoms with Crippen molar-refractivity contribution in [3.8, 4) is 0 Å². The molecule has 0 aliphatic heterocycles. The molecule has 0 aliphatic rings. The summed E-state index contributed by atoms with van der Waals surface area (Å²) in [5, 5.41) is 0.593. The SMILES string of the molecule is C=Cc1nc(C)c(Cl)n1C=C. The van der Waals surface area contributed by atoms with E-state index in [1.807, 2.05) is 6.92 Å². The van der Waals surface area contributed by atoms with Crippen molar-refractivity contribution in [1.29, 1.82) is 0 Å². The van der Waals surface area contributed by atoms with Gasteiger partial charge in [-0.2, -0.15) is 0 Å². The van der Waals surface area contributed by atoms with Crippen molar-refractivity contribution in [2.45, 2.75) is 6.92 Å². The fourth-order valence-electron chi connectivity index (χ4n) is 0.864. The van der Waals surface area contributed by atoms with Gasteiger partial charge in [-0.25, -0.2) is 4.98 Å². The molecule has 0 bridgehead atoms. The van der Waals surface area contributed by atoms with Crippen LogP contribution in [0.5, 0.6) is 0 Å². The first kappa shape index (κ1) is 8.08. The van der Waals surface area contributed by atoms with Gasteiger partial charge in [-0.3, -0.25) is 4.57 Å². The minimum absolute atomic E-state index is 0.593. The number of nitrogens with zero attached hydrogens (tertiary/aromatic N) is 2. The van der Waals surface area contributed by atoms with Crippen LogP contribution >= 0.6 is 11.6 Å². The zero-order chi connectivity index (χ0) is 8.43. The lowest BCUT2D eigenvalue weighted by molar-refractivity contribution is 1.11. The smallest absolute Gasteiger partial charge is 0.137 e. The third-order valence-electron chi connectivity index (χ3n) is 1.40. The minimum Gasteiger partial charge on any atom is -0.291 e. The Morgan fingerprint density at radius 1 is 1.55 bits per heavy atom. The van der Waals surface area contributed by atoms with Gasteiger partial charge in [0, 0.05) is 6.20 Å². The molecule has 0 saturated heterocycles. The minimum atomic E-state index is 0.593. The highest BCUT2D eigenvalue weighted by molar-refractivity contribution is 6.30. The van der Waals surface area contributed by atoms with E-state index in [-0.39, 0.29) is 0 Å². The number of halogens is 1. The number of hydrogen-bond donors (Lipinski definition) is 0. The highest BCUT2D eigenvalue weighted by Crippen LogP contribution is 2.17. The molecule has 1 rings (SSSR count). The molecule has 0 atom stereocenters. The maximum atomic E-state index is 5.87. The molecule has 11 heavy (non-hydrogen) atoms. The Balaban J connectivity index is 3.37. The summed E-state index contributed by atoms with van der Waals surface area (Å²) in [6.45, 7) is 9.05. The Kier molecular flexibility index (Phi) is 2.15. The molecule has 0 unspecified atom stereocenters. The summed E-state index contributed by atoms with van der Waals surface area (Å²) in [6.07, 6.45) is 3.25. The van der Waals surface area contributed by atoms with Crippen LogP contribution in [-0.2, 0) is 0 Å². The van der Waals surface area contributed by atoms with E-state index in [2.05, 4.69) is 18.1 Å². The number of aromatic nitrogens is 2. The summed E-state index contributed by atoms with van der Waals surface area (Å²) in [6, 6.07) is 0. The van der Waals surface area contributed by atoms with Crippen LogP contribution in [0, 0.1) is 6.92 Å². The molecule has 1 aromatic heterocycles. The monoisotopic (exact) mass is 168 g/mol. The lowest BCUT2D eigenvalue weighted by Gasteiger charge is -1.95. The second-order valence-corrected chi connectivity index (χ2v) is 2.46. The van der Waals surface area contributed by atoms with E-state index >= 15 is 0 Å². The highest BCUT2D eigenvalue weighted by Gasteiger charge is 2.06. The number of rotatable bonds is 2. The van der Waals surface area contributed by atoms with E-state index in [0.717, 1.165) is 11.5 Å². The van der Waals surface area contributed by atoms with Crippen LogP contribution in [0.4, 0.5) is 0 Å². The van der Waals surface area contributed by atoms with Crippen LogP contribution < -0.4 is 0 Å². The first-order valence-electron chi connectivity index (χ1n) is 3.20. The molecule has 1 heterocycles. The van der Waals surface area contributed by atoms with Crippen molar-refractivity contribution >= 4 is 23.9 Å². The predicted molar refractivity (Wildman–Crippen MR) is 48.5 cm³/mol. The summed E-state index contributed by atoms with van der Waals surface area (Å²) in [4.78, 5) is 4.14. The van der Waals surface area contributed by atoms with Gasteiger partial charge in [-0.05, 0) is 13.0 Å². The topological polar surface area (TPSA) is 17.8 Å². The Labute approximate surface area is 70.8 Å². The molecule has 0 amide bonds. The summed E-state index contributed by atoms with van der Waals surface area (Å²) >= 11 is 5.87.